The number of methoxy groups -OCH3 is 1. The van der Waals surface area contributed by atoms with Gasteiger partial charge in [-0.15, -0.1) is 0 Å². The van der Waals surface area contributed by atoms with Crippen molar-refractivity contribution < 1.29 is 9.47 Å². The van der Waals surface area contributed by atoms with Crippen LogP contribution in [-0.2, 0) is 4.74 Å². The molecule has 1 N–H and O–H groups in total. The molecular formula is C16H27NO2. The number of hydrogen-bond acceptors (Lipinski definition) is 3. The van der Waals surface area contributed by atoms with Gasteiger partial charge in [0.15, 0.2) is 0 Å². The van der Waals surface area contributed by atoms with Crippen LogP contribution in [-0.4, -0.2) is 25.4 Å². The topological polar surface area (TPSA) is 30.5 Å². The summed E-state index contributed by atoms with van der Waals surface area (Å²) in [6, 6.07) is 8.70. The summed E-state index contributed by atoms with van der Waals surface area (Å²) in [5.41, 5.74) is 1.19. The van der Waals surface area contributed by atoms with Gasteiger partial charge in [-0.3, -0.25) is 0 Å². The lowest BCUT2D eigenvalue weighted by molar-refractivity contribution is 0.0849. The zero-order valence-corrected chi connectivity index (χ0v) is 12.9. The Labute approximate surface area is 117 Å². The molecule has 1 aromatic rings. The highest BCUT2D eigenvalue weighted by Gasteiger charge is 2.17. The average Bonchev–Trinajstić information content (AvgIpc) is 2.37. The molecule has 1 aromatic carbocycles. The first-order valence-electron chi connectivity index (χ1n) is 7.00. The first-order chi connectivity index (χ1) is 8.95. The van der Waals surface area contributed by atoms with Crippen LogP contribution in [0.25, 0.3) is 0 Å². The third kappa shape index (κ3) is 4.84. The van der Waals surface area contributed by atoms with E-state index in [1.165, 1.54) is 5.56 Å². The minimum Gasteiger partial charge on any atom is -0.491 e. The van der Waals surface area contributed by atoms with Crippen molar-refractivity contribution in [1.29, 1.82) is 0 Å². The number of ether oxygens (including phenoxy) is 2. The molecule has 108 valence electrons. The molecule has 3 heteroatoms. The van der Waals surface area contributed by atoms with E-state index in [0.717, 1.165) is 5.75 Å². The van der Waals surface area contributed by atoms with Crippen LogP contribution < -0.4 is 10.1 Å². The van der Waals surface area contributed by atoms with Gasteiger partial charge in [0, 0.05) is 24.8 Å². The molecule has 0 aliphatic heterocycles. The zero-order chi connectivity index (χ0) is 14.4. The molecule has 0 aliphatic rings. The van der Waals surface area contributed by atoms with E-state index in [1.54, 1.807) is 7.11 Å². The van der Waals surface area contributed by atoms with Crippen molar-refractivity contribution in [3.63, 3.8) is 0 Å². The zero-order valence-electron chi connectivity index (χ0n) is 12.9. The van der Waals surface area contributed by atoms with Crippen molar-refractivity contribution in [2.75, 3.05) is 7.11 Å². The van der Waals surface area contributed by atoms with Crippen LogP contribution in [0.15, 0.2) is 24.3 Å². The van der Waals surface area contributed by atoms with Crippen molar-refractivity contribution in [2.24, 2.45) is 0 Å². The molecule has 0 aliphatic carbocycles. The third-order valence-corrected chi connectivity index (χ3v) is 3.34. The summed E-state index contributed by atoms with van der Waals surface area (Å²) in [7, 11) is 1.74. The highest BCUT2D eigenvalue weighted by atomic mass is 16.5. The van der Waals surface area contributed by atoms with Gasteiger partial charge >= 0.3 is 0 Å². The van der Waals surface area contributed by atoms with E-state index >= 15 is 0 Å². The second-order valence-electron chi connectivity index (χ2n) is 5.32. The molecule has 3 unspecified atom stereocenters. The monoisotopic (exact) mass is 265 g/mol. The van der Waals surface area contributed by atoms with E-state index in [2.05, 4.69) is 32.2 Å². The van der Waals surface area contributed by atoms with E-state index in [1.807, 2.05) is 32.0 Å². The molecule has 1 rings (SSSR count). The highest BCUT2D eigenvalue weighted by Crippen LogP contribution is 2.26. The van der Waals surface area contributed by atoms with Gasteiger partial charge in [-0.2, -0.15) is 0 Å². The van der Waals surface area contributed by atoms with Gasteiger partial charge in [-0.05, 0) is 40.7 Å². The van der Waals surface area contributed by atoms with Gasteiger partial charge in [-0.1, -0.05) is 18.2 Å². The smallest absolute Gasteiger partial charge is 0.124 e. The fourth-order valence-corrected chi connectivity index (χ4v) is 2.02. The van der Waals surface area contributed by atoms with E-state index in [0.29, 0.717) is 0 Å². The van der Waals surface area contributed by atoms with Gasteiger partial charge in [0.05, 0.1) is 12.2 Å². The van der Waals surface area contributed by atoms with Crippen molar-refractivity contribution >= 4 is 0 Å². The molecule has 3 nitrogen and oxygen atoms in total. The lowest BCUT2D eigenvalue weighted by Crippen LogP contribution is -2.38. The molecule has 0 aromatic heterocycles. The molecule has 0 bridgehead atoms. The normalized spacial score (nSPS) is 16.2. The summed E-state index contributed by atoms with van der Waals surface area (Å²) in [5, 5.41) is 3.56. The number of hydrogen-bond donors (Lipinski definition) is 1. The third-order valence-electron chi connectivity index (χ3n) is 3.34. The summed E-state index contributed by atoms with van der Waals surface area (Å²) in [6.45, 7) is 10.5. The maximum atomic E-state index is 5.86. The first-order valence-corrected chi connectivity index (χ1v) is 7.00. The van der Waals surface area contributed by atoms with Crippen molar-refractivity contribution in [1.82, 2.24) is 5.32 Å². The van der Waals surface area contributed by atoms with Crippen LogP contribution >= 0.6 is 0 Å². The molecule has 0 radical (unpaired) electrons. The summed E-state index contributed by atoms with van der Waals surface area (Å²) in [5.74, 6) is 0.953. The average molecular weight is 265 g/mol. The largest absolute Gasteiger partial charge is 0.491 e. The van der Waals surface area contributed by atoms with Crippen molar-refractivity contribution in [3.05, 3.63) is 29.8 Å². The van der Waals surface area contributed by atoms with Gasteiger partial charge in [0.25, 0.3) is 0 Å². The fraction of sp³-hybridized carbons (Fsp3) is 0.625. The molecule has 0 amide bonds. The van der Waals surface area contributed by atoms with Crippen LogP contribution in [0.5, 0.6) is 5.75 Å². The van der Waals surface area contributed by atoms with Crippen LogP contribution in [0.2, 0.25) is 0 Å². The van der Waals surface area contributed by atoms with E-state index in [-0.39, 0.29) is 24.3 Å². The molecule has 0 saturated heterocycles. The molecular weight excluding hydrogens is 238 g/mol. The standard InChI is InChI=1S/C16H27NO2/c1-11(2)19-16-10-8-7-9-15(16)13(4)17-12(3)14(5)18-6/h7-14,17H,1-6H3. The second kappa shape index (κ2) is 7.51. The van der Waals surface area contributed by atoms with Crippen molar-refractivity contribution in [3.8, 4) is 5.75 Å². The lowest BCUT2D eigenvalue weighted by atomic mass is 10.1. The van der Waals surface area contributed by atoms with E-state index in [4.69, 9.17) is 9.47 Å². The Hall–Kier alpha value is -1.06. The summed E-state index contributed by atoms with van der Waals surface area (Å²) in [4.78, 5) is 0. The minimum atomic E-state index is 0.181. The van der Waals surface area contributed by atoms with Gasteiger partial charge in [0.1, 0.15) is 5.75 Å². The summed E-state index contributed by atoms with van der Waals surface area (Å²) in [6.07, 6.45) is 0.365. The number of nitrogens with one attached hydrogen (secondary N) is 1. The molecule has 0 spiro atoms. The predicted molar refractivity (Wildman–Crippen MR) is 79.7 cm³/mol. The van der Waals surface area contributed by atoms with Crippen LogP contribution in [0.4, 0.5) is 0 Å². The molecule has 0 saturated carbocycles. The fourth-order valence-electron chi connectivity index (χ4n) is 2.02. The van der Waals surface area contributed by atoms with Gasteiger partial charge < -0.3 is 14.8 Å². The Morgan fingerprint density at radius 3 is 2.21 bits per heavy atom. The van der Waals surface area contributed by atoms with E-state index < -0.39 is 0 Å². The maximum absolute atomic E-state index is 5.86. The molecule has 0 fully saturated rings. The molecule has 0 heterocycles. The Kier molecular flexibility index (Phi) is 6.32. The van der Waals surface area contributed by atoms with E-state index in [9.17, 15) is 0 Å². The van der Waals surface area contributed by atoms with Crippen LogP contribution in [0.3, 0.4) is 0 Å². The molecule has 3 atom stereocenters. The lowest BCUT2D eigenvalue weighted by Gasteiger charge is -2.26. The Bertz CT molecular complexity index is 379. The summed E-state index contributed by atoms with van der Waals surface area (Å²) >= 11 is 0. The number of para-hydroxylation sites is 1. The van der Waals surface area contributed by atoms with Crippen LogP contribution in [0.1, 0.15) is 46.2 Å². The predicted octanol–water partition coefficient (Wildman–Crippen LogP) is 3.55. The number of rotatable bonds is 7. The van der Waals surface area contributed by atoms with Crippen molar-refractivity contribution in [2.45, 2.75) is 58.9 Å². The number of benzene rings is 1. The van der Waals surface area contributed by atoms with Gasteiger partial charge in [-0.25, -0.2) is 0 Å². The Morgan fingerprint density at radius 1 is 1.00 bits per heavy atom. The highest BCUT2D eigenvalue weighted by molar-refractivity contribution is 5.35. The van der Waals surface area contributed by atoms with Crippen LogP contribution in [0, 0.1) is 0 Å². The molecule has 19 heavy (non-hydrogen) atoms. The second-order valence-corrected chi connectivity index (χ2v) is 5.32. The Morgan fingerprint density at radius 2 is 1.63 bits per heavy atom. The van der Waals surface area contributed by atoms with Gasteiger partial charge in [0.2, 0.25) is 0 Å². The first kappa shape index (κ1) is 16.0. The minimum absolute atomic E-state index is 0.181. The quantitative estimate of drug-likeness (QED) is 0.818. The SMILES string of the molecule is COC(C)C(C)NC(C)c1ccccc1OC(C)C. The maximum Gasteiger partial charge on any atom is 0.124 e. The Balaban J connectivity index is 2.78. The summed E-state index contributed by atoms with van der Waals surface area (Å²) < 4.78 is 11.2.